The van der Waals surface area contributed by atoms with Crippen molar-refractivity contribution in [1.29, 1.82) is 0 Å². The molecule has 0 amide bonds. The van der Waals surface area contributed by atoms with Crippen molar-refractivity contribution in [3.8, 4) is 0 Å². The van der Waals surface area contributed by atoms with Gasteiger partial charge in [0.05, 0.1) is 0 Å². The Morgan fingerprint density at radius 2 is 2.00 bits per heavy atom. The largest absolute Gasteiger partial charge is 0.314 e. The third-order valence-corrected chi connectivity index (χ3v) is 4.75. The summed E-state index contributed by atoms with van der Waals surface area (Å²) in [7, 11) is 0. The maximum Gasteiger partial charge on any atom is 0.0106 e. The number of nitrogens with one attached hydrogen (secondary N) is 1. The number of thioether (sulfide) groups is 1. The van der Waals surface area contributed by atoms with Gasteiger partial charge in [0.1, 0.15) is 0 Å². The van der Waals surface area contributed by atoms with Gasteiger partial charge in [-0.3, -0.25) is 0 Å². The molecular formula is C14H29NS. The second-order valence-corrected chi connectivity index (χ2v) is 6.05. The maximum absolute atomic E-state index is 3.74. The van der Waals surface area contributed by atoms with Crippen molar-refractivity contribution in [2.45, 2.75) is 58.4 Å². The summed E-state index contributed by atoms with van der Waals surface area (Å²) in [5.41, 5.74) is 0. The second-order valence-electron chi connectivity index (χ2n) is 5.06. The Morgan fingerprint density at radius 3 is 2.62 bits per heavy atom. The minimum atomic E-state index is 0.780. The van der Waals surface area contributed by atoms with Gasteiger partial charge in [-0.15, -0.1) is 0 Å². The van der Waals surface area contributed by atoms with E-state index in [-0.39, 0.29) is 0 Å². The van der Waals surface area contributed by atoms with E-state index < -0.39 is 0 Å². The molecule has 0 spiro atoms. The molecule has 16 heavy (non-hydrogen) atoms. The van der Waals surface area contributed by atoms with E-state index in [1.165, 1.54) is 44.3 Å². The first-order valence-electron chi connectivity index (χ1n) is 7.05. The molecular weight excluding hydrogens is 214 g/mol. The molecule has 0 heterocycles. The van der Waals surface area contributed by atoms with Crippen LogP contribution in [0.25, 0.3) is 0 Å². The average molecular weight is 243 g/mol. The zero-order chi connectivity index (χ0) is 11.8. The SMILES string of the molecule is CCNC(CCSC)C1CCCCC1CC. The van der Waals surface area contributed by atoms with E-state index in [4.69, 9.17) is 0 Å². The average Bonchev–Trinajstić information content (AvgIpc) is 2.34. The number of hydrogen-bond donors (Lipinski definition) is 1. The fourth-order valence-corrected chi connectivity index (χ4v) is 3.74. The standard InChI is InChI=1S/C14H29NS/c1-4-12-8-6-7-9-13(12)14(15-5-2)10-11-16-3/h12-15H,4-11H2,1-3H3. The summed E-state index contributed by atoms with van der Waals surface area (Å²) in [6, 6.07) is 0.780. The van der Waals surface area contributed by atoms with Gasteiger partial charge in [0, 0.05) is 6.04 Å². The summed E-state index contributed by atoms with van der Waals surface area (Å²) in [6.07, 6.45) is 10.8. The van der Waals surface area contributed by atoms with Crippen molar-refractivity contribution in [2.75, 3.05) is 18.6 Å². The van der Waals surface area contributed by atoms with Crippen LogP contribution in [-0.4, -0.2) is 24.6 Å². The lowest BCUT2D eigenvalue weighted by Gasteiger charge is -2.37. The molecule has 0 bridgehead atoms. The Morgan fingerprint density at radius 1 is 1.25 bits per heavy atom. The molecule has 1 fully saturated rings. The molecule has 1 aliphatic rings. The lowest BCUT2D eigenvalue weighted by atomic mass is 9.73. The predicted octanol–water partition coefficient (Wildman–Crippen LogP) is 3.93. The Labute approximate surface area is 106 Å². The molecule has 0 radical (unpaired) electrons. The van der Waals surface area contributed by atoms with E-state index in [9.17, 15) is 0 Å². The van der Waals surface area contributed by atoms with Gasteiger partial charge in [-0.05, 0) is 43.2 Å². The van der Waals surface area contributed by atoms with Crippen molar-refractivity contribution < 1.29 is 0 Å². The molecule has 1 saturated carbocycles. The van der Waals surface area contributed by atoms with Gasteiger partial charge in [0.2, 0.25) is 0 Å². The first kappa shape index (κ1) is 14.4. The predicted molar refractivity (Wildman–Crippen MR) is 76.2 cm³/mol. The minimum absolute atomic E-state index is 0.780. The van der Waals surface area contributed by atoms with Crippen molar-refractivity contribution in [2.24, 2.45) is 11.8 Å². The van der Waals surface area contributed by atoms with E-state index >= 15 is 0 Å². The molecule has 2 heteroatoms. The number of rotatable bonds is 7. The Kier molecular flexibility index (Phi) is 7.55. The van der Waals surface area contributed by atoms with Crippen LogP contribution in [0.3, 0.4) is 0 Å². The van der Waals surface area contributed by atoms with Crippen LogP contribution in [0.5, 0.6) is 0 Å². The fourth-order valence-electron chi connectivity index (χ4n) is 3.25. The van der Waals surface area contributed by atoms with Gasteiger partial charge in [0.15, 0.2) is 0 Å². The van der Waals surface area contributed by atoms with Crippen molar-refractivity contribution in [1.82, 2.24) is 5.32 Å². The first-order valence-corrected chi connectivity index (χ1v) is 8.45. The summed E-state index contributed by atoms with van der Waals surface area (Å²) < 4.78 is 0. The quantitative estimate of drug-likeness (QED) is 0.727. The monoisotopic (exact) mass is 243 g/mol. The summed E-state index contributed by atoms with van der Waals surface area (Å²) in [5.74, 6) is 3.25. The van der Waals surface area contributed by atoms with Crippen LogP contribution in [0, 0.1) is 11.8 Å². The van der Waals surface area contributed by atoms with Crippen LogP contribution >= 0.6 is 11.8 Å². The lowest BCUT2D eigenvalue weighted by molar-refractivity contribution is 0.173. The zero-order valence-electron chi connectivity index (χ0n) is 11.3. The van der Waals surface area contributed by atoms with Crippen LogP contribution in [0.15, 0.2) is 0 Å². The van der Waals surface area contributed by atoms with Crippen molar-refractivity contribution in [3.05, 3.63) is 0 Å². The summed E-state index contributed by atoms with van der Waals surface area (Å²) in [6.45, 7) is 5.75. The molecule has 0 aliphatic heterocycles. The smallest absolute Gasteiger partial charge is 0.0106 e. The van der Waals surface area contributed by atoms with Gasteiger partial charge in [-0.25, -0.2) is 0 Å². The molecule has 3 atom stereocenters. The molecule has 1 nitrogen and oxygen atoms in total. The molecule has 96 valence electrons. The summed E-state index contributed by atoms with van der Waals surface area (Å²) >= 11 is 1.99. The van der Waals surface area contributed by atoms with E-state index in [0.29, 0.717) is 0 Å². The molecule has 0 aromatic rings. The minimum Gasteiger partial charge on any atom is -0.314 e. The molecule has 0 saturated heterocycles. The number of hydrogen-bond acceptors (Lipinski definition) is 2. The van der Waals surface area contributed by atoms with Crippen LogP contribution < -0.4 is 5.32 Å². The van der Waals surface area contributed by atoms with Gasteiger partial charge in [-0.1, -0.05) is 39.5 Å². The Hall–Kier alpha value is 0.310. The zero-order valence-corrected chi connectivity index (χ0v) is 12.1. The molecule has 1 rings (SSSR count). The molecule has 0 aromatic carbocycles. The molecule has 1 N–H and O–H groups in total. The topological polar surface area (TPSA) is 12.0 Å². The summed E-state index contributed by atoms with van der Waals surface area (Å²) in [4.78, 5) is 0. The van der Waals surface area contributed by atoms with Gasteiger partial charge in [-0.2, -0.15) is 11.8 Å². The van der Waals surface area contributed by atoms with E-state index in [1.54, 1.807) is 0 Å². The Bertz CT molecular complexity index is 172. The normalized spacial score (nSPS) is 27.9. The van der Waals surface area contributed by atoms with Crippen LogP contribution in [0.1, 0.15) is 52.4 Å². The molecule has 3 unspecified atom stereocenters. The van der Waals surface area contributed by atoms with Crippen LogP contribution in [0.2, 0.25) is 0 Å². The summed E-state index contributed by atoms with van der Waals surface area (Å²) in [5, 5.41) is 3.74. The van der Waals surface area contributed by atoms with Gasteiger partial charge < -0.3 is 5.32 Å². The third kappa shape index (κ3) is 4.29. The van der Waals surface area contributed by atoms with E-state index in [1.807, 2.05) is 11.8 Å². The third-order valence-electron chi connectivity index (χ3n) is 4.11. The Balaban J connectivity index is 2.51. The maximum atomic E-state index is 3.74. The fraction of sp³-hybridized carbons (Fsp3) is 1.00. The highest BCUT2D eigenvalue weighted by molar-refractivity contribution is 7.98. The highest BCUT2D eigenvalue weighted by atomic mass is 32.2. The second kappa shape index (κ2) is 8.41. The lowest BCUT2D eigenvalue weighted by Crippen LogP contribution is -2.41. The van der Waals surface area contributed by atoms with Gasteiger partial charge in [0.25, 0.3) is 0 Å². The van der Waals surface area contributed by atoms with Crippen LogP contribution in [0.4, 0.5) is 0 Å². The van der Waals surface area contributed by atoms with Crippen molar-refractivity contribution >= 4 is 11.8 Å². The molecule has 1 aliphatic carbocycles. The van der Waals surface area contributed by atoms with Crippen molar-refractivity contribution in [3.63, 3.8) is 0 Å². The molecule has 0 aromatic heterocycles. The highest BCUT2D eigenvalue weighted by Gasteiger charge is 2.29. The van der Waals surface area contributed by atoms with Crippen LogP contribution in [-0.2, 0) is 0 Å². The van der Waals surface area contributed by atoms with E-state index in [2.05, 4.69) is 25.4 Å². The highest BCUT2D eigenvalue weighted by Crippen LogP contribution is 2.35. The first-order chi connectivity index (χ1) is 7.83. The van der Waals surface area contributed by atoms with Gasteiger partial charge >= 0.3 is 0 Å². The van der Waals surface area contributed by atoms with E-state index in [0.717, 1.165) is 24.4 Å².